The second-order valence-electron chi connectivity index (χ2n) is 4.05. The van der Waals surface area contributed by atoms with Gasteiger partial charge in [-0.1, -0.05) is 6.07 Å². The summed E-state index contributed by atoms with van der Waals surface area (Å²) in [6.45, 7) is 2.00. The minimum Gasteiger partial charge on any atom is -0.462 e. The standard InChI is InChI=1S/C15H12FN3O2/c1-2-21-15(20)10-6-7-14(18-9-10)19-13-5-3-4-12(16)11(13)8-17/h3-7,9H,2H2,1H3,(H,18,19). The molecule has 0 fully saturated rings. The summed E-state index contributed by atoms with van der Waals surface area (Å²) in [5.41, 5.74) is 0.546. The molecule has 0 atom stereocenters. The smallest absolute Gasteiger partial charge is 0.339 e. The Labute approximate surface area is 121 Å². The lowest BCUT2D eigenvalue weighted by atomic mass is 10.2. The van der Waals surface area contributed by atoms with Crippen LogP contribution >= 0.6 is 0 Å². The summed E-state index contributed by atoms with van der Waals surface area (Å²) in [5.74, 6) is -0.671. The van der Waals surface area contributed by atoms with Crippen LogP contribution in [0.1, 0.15) is 22.8 Å². The molecule has 5 nitrogen and oxygen atoms in total. The van der Waals surface area contributed by atoms with Crippen LogP contribution in [0.25, 0.3) is 0 Å². The van der Waals surface area contributed by atoms with E-state index >= 15 is 0 Å². The normalized spacial score (nSPS) is 9.76. The van der Waals surface area contributed by atoms with Crippen LogP contribution in [-0.2, 0) is 4.74 Å². The second kappa shape index (κ2) is 6.48. The van der Waals surface area contributed by atoms with Crippen LogP contribution in [0, 0.1) is 17.1 Å². The van der Waals surface area contributed by atoms with Crippen molar-refractivity contribution in [1.82, 2.24) is 4.98 Å². The highest BCUT2D eigenvalue weighted by molar-refractivity contribution is 5.89. The highest BCUT2D eigenvalue weighted by Crippen LogP contribution is 2.21. The van der Waals surface area contributed by atoms with Gasteiger partial charge in [-0.25, -0.2) is 14.2 Å². The molecule has 0 unspecified atom stereocenters. The summed E-state index contributed by atoms with van der Waals surface area (Å²) in [6.07, 6.45) is 1.35. The molecule has 1 N–H and O–H groups in total. The predicted octanol–water partition coefficient (Wildman–Crippen LogP) is 3.01. The lowest BCUT2D eigenvalue weighted by molar-refractivity contribution is 0.0526. The summed E-state index contributed by atoms with van der Waals surface area (Å²) >= 11 is 0. The molecular weight excluding hydrogens is 273 g/mol. The lowest BCUT2D eigenvalue weighted by Crippen LogP contribution is -2.05. The van der Waals surface area contributed by atoms with Crippen LogP contribution in [0.5, 0.6) is 0 Å². The van der Waals surface area contributed by atoms with Crippen molar-refractivity contribution in [2.24, 2.45) is 0 Å². The molecule has 2 aromatic rings. The first-order chi connectivity index (χ1) is 10.2. The number of carbonyl (C=O) groups excluding carboxylic acids is 1. The van der Waals surface area contributed by atoms with E-state index < -0.39 is 11.8 Å². The Morgan fingerprint density at radius 2 is 2.24 bits per heavy atom. The number of rotatable bonds is 4. The molecule has 0 aliphatic heterocycles. The summed E-state index contributed by atoms with van der Waals surface area (Å²) in [5, 5.41) is 11.8. The van der Waals surface area contributed by atoms with Gasteiger partial charge in [0.05, 0.1) is 17.9 Å². The Hall–Kier alpha value is -2.94. The number of carbonyl (C=O) groups is 1. The number of hydrogen-bond donors (Lipinski definition) is 1. The molecular formula is C15H12FN3O2. The number of nitrogens with zero attached hydrogens (tertiary/aromatic N) is 2. The van der Waals surface area contributed by atoms with Crippen LogP contribution in [-0.4, -0.2) is 17.6 Å². The number of esters is 1. The molecule has 0 bridgehead atoms. The molecule has 21 heavy (non-hydrogen) atoms. The summed E-state index contributed by atoms with van der Waals surface area (Å²) in [4.78, 5) is 15.5. The average Bonchev–Trinajstić information content (AvgIpc) is 2.48. The quantitative estimate of drug-likeness (QED) is 0.874. The van der Waals surface area contributed by atoms with Gasteiger partial charge in [-0.3, -0.25) is 0 Å². The Morgan fingerprint density at radius 1 is 1.43 bits per heavy atom. The monoisotopic (exact) mass is 285 g/mol. The fourth-order valence-electron chi connectivity index (χ4n) is 1.68. The number of anilines is 2. The third-order valence-corrected chi connectivity index (χ3v) is 2.66. The highest BCUT2D eigenvalue weighted by atomic mass is 19.1. The van der Waals surface area contributed by atoms with E-state index in [4.69, 9.17) is 10.00 Å². The van der Waals surface area contributed by atoms with Crippen LogP contribution in [0.15, 0.2) is 36.5 Å². The van der Waals surface area contributed by atoms with Gasteiger partial charge in [-0.15, -0.1) is 0 Å². The number of nitrogens with one attached hydrogen (secondary N) is 1. The lowest BCUT2D eigenvalue weighted by Gasteiger charge is -2.08. The SMILES string of the molecule is CCOC(=O)c1ccc(Nc2cccc(F)c2C#N)nc1. The van der Waals surface area contributed by atoms with E-state index in [2.05, 4.69) is 10.3 Å². The summed E-state index contributed by atoms with van der Waals surface area (Å²) in [6, 6.07) is 9.16. The highest BCUT2D eigenvalue weighted by Gasteiger charge is 2.10. The molecule has 0 aliphatic carbocycles. The molecule has 2 rings (SSSR count). The van der Waals surface area contributed by atoms with Gasteiger partial charge < -0.3 is 10.1 Å². The first-order valence-electron chi connectivity index (χ1n) is 6.24. The van der Waals surface area contributed by atoms with Crippen LogP contribution in [0.3, 0.4) is 0 Å². The molecule has 0 saturated heterocycles. The molecule has 0 aliphatic rings. The van der Waals surface area contributed by atoms with Crippen molar-refractivity contribution in [1.29, 1.82) is 5.26 Å². The Balaban J connectivity index is 2.20. The molecule has 0 radical (unpaired) electrons. The van der Waals surface area contributed by atoms with Gasteiger partial charge >= 0.3 is 5.97 Å². The van der Waals surface area contributed by atoms with Crippen molar-refractivity contribution in [2.45, 2.75) is 6.92 Å². The van der Waals surface area contributed by atoms with Gasteiger partial charge in [0.15, 0.2) is 0 Å². The molecule has 0 spiro atoms. The van der Waals surface area contributed by atoms with E-state index in [-0.39, 0.29) is 12.2 Å². The molecule has 1 heterocycles. The van der Waals surface area contributed by atoms with E-state index in [1.54, 1.807) is 31.2 Å². The van der Waals surface area contributed by atoms with Gasteiger partial charge in [0.1, 0.15) is 23.3 Å². The summed E-state index contributed by atoms with van der Waals surface area (Å²) in [7, 11) is 0. The number of hydrogen-bond acceptors (Lipinski definition) is 5. The zero-order valence-corrected chi connectivity index (χ0v) is 11.3. The van der Waals surface area contributed by atoms with Gasteiger partial charge in [-0.05, 0) is 31.2 Å². The minimum atomic E-state index is -0.606. The molecule has 1 aromatic heterocycles. The molecule has 1 aromatic carbocycles. The number of halogens is 1. The maximum absolute atomic E-state index is 13.5. The number of benzene rings is 1. The van der Waals surface area contributed by atoms with Crippen LogP contribution in [0.4, 0.5) is 15.9 Å². The van der Waals surface area contributed by atoms with Crippen molar-refractivity contribution in [3.63, 3.8) is 0 Å². The zero-order chi connectivity index (χ0) is 15.2. The summed E-state index contributed by atoms with van der Waals surface area (Å²) < 4.78 is 18.3. The van der Waals surface area contributed by atoms with Gasteiger partial charge in [0.25, 0.3) is 0 Å². The third kappa shape index (κ3) is 3.34. The number of pyridine rings is 1. The van der Waals surface area contributed by atoms with Crippen molar-refractivity contribution in [3.8, 4) is 6.07 Å². The number of aromatic nitrogens is 1. The zero-order valence-electron chi connectivity index (χ0n) is 11.3. The van der Waals surface area contributed by atoms with Crippen molar-refractivity contribution >= 4 is 17.5 Å². The Bertz CT molecular complexity index is 693. The van der Waals surface area contributed by atoms with E-state index in [0.29, 0.717) is 17.1 Å². The predicted molar refractivity (Wildman–Crippen MR) is 74.6 cm³/mol. The maximum atomic E-state index is 13.5. The van der Waals surface area contributed by atoms with Gasteiger partial charge in [0, 0.05) is 6.20 Å². The van der Waals surface area contributed by atoms with E-state index in [1.165, 1.54) is 18.3 Å². The van der Waals surface area contributed by atoms with Crippen LogP contribution < -0.4 is 5.32 Å². The van der Waals surface area contributed by atoms with Gasteiger partial charge in [-0.2, -0.15) is 5.26 Å². The molecule has 106 valence electrons. The van der Waals surface area contributed by atoms with Crippen molar-refractivity contribution < 1.29 is 13.9 Å². The third-order valence-electron chi connectivity index (χ3n) is 2.66. The van der Waals surface area contributed by atoms with E-state index in [1.807, 2.05) is 0 Å². The largest absolute Gasteiger partial charge is 0.462 e. The minimum absolute atomic E-state index is 0.0891. The fraction of sp³-hybridized carbons (Fsp3) is 0.133. The average molecular weight is 285 g/mol. The van der Waals surface area contributed by atoms with Crippen molar-refractivity contribution in [2.75, 3.05) is 11.9 Å². The topological polar surface area (TPSA) is 75.0 Å². The fourth-order valence-corrected chi connectivity index (χ4v) is 1.68. The molecule has 0 saturated carbocycles. The van der Waals surface area contributed by atoms with Gasteiger partial charge in [0.2, 0.25) is 0 Å². The van der Waals surface area contributed by atoms with Crippen LogP contribution in [0.2, 0.25) is 0 Å². The number of nitriles is 1. The van der Waals surface area contributed by atoms with E-state index in [0.717, 1.165) is 0 Å². The molecule has 6 heteroatoms. The first kappa shape index (κ1) is 14.5. The maximum Gasteiger partial charge on any atom is 0.339 e. The number of ether oxygens (including phenoxy) is 1. The Morgan fingerprint density at radius 3 is 2.86 bits per heavy atom. The van der Waals surface area contributed by atoms with Crippen molar-refractivity contribution in [3.05, 3.63) is 53.5 Å². The Kier molecular flexibility index (Phi) is 4.46. The first-order valence-corrected chi connectivity index (χ1v) is 6.24. The van der Waals surface area contributed by atoms with E-state index in [9.17, 15) is 9.18 Å². The second-order valence-corrected chi connectivity index (χ2v) is 4.05. The molecule has 0 amide bonds.